The largest absolute Gasteiger partial charge is 0.466 e. The third-order valence-electron chi connectivity index (χ3n) is 3.66. The molecule has 2 aromatic carbocycles. The van der Waals surface area contributed by atoms with Crippen molar-refractivity contribution in [2.24, 2.45) is 0 Å². The van der Waals surface area contributed by atoms with Crippen molar-refractivity contribution >= 4 is 10.8 Å². The first-order valence-electron chi connectivity index (χ1n) is 7.10. The fourth-order valence-corrected chi connectivity index (χ4v) is 2.47. The molecule has 3 aromatic rings. The standard InChI is InChI=1S/C18H19NO2/c1-18(20,17-7-4-10-21-17)13-19-12-14-8-9-15-5-2-3-6-16(15)11-14/h2-11,19-20H,12-13H2,1H3. The topological polar surface area (TPSA) is 45.4 Å². The predicted molar refractivity (Wildman–Crippen MR) is 83.9 cm³/mol. The van der Waals surface area contributed by atoms with E-state index in [9.17, 15) is 5.11 Å². The second-order valence-electron chi connectivity index (χ2n) is 5.54. The van der Waals surface area contributed by atoms with Crippen molar-refractivity contribution in [3.05, 3.63) is 72.2 Å². The molecule has 0 aliphatic heterocycles. The Kier molecular flexibility index (Phi) is 3.78. The number of fused-ring (bicyclic) bond motifs is 1. The lowest BCUT2D eigenvalue weighted by molar-refractivity contribution is 0.0340. The summed E-state index contributed by atoms with van der Waals surface area (Å²) >= 11 is 0. The molecule has 0 bridgehead atoms. The quantitative estimate of drug-likeness (QED) is 0.753. The summed E-state index contributed by atoms with van der Waals surface area (Å²) in [6.45, 7) is 2.90. The van der Waals surface area contributed by atoms with Gasteiger partial charge in [0.2, 0.25) is 0 Å². The summed E-state index contributed by atoms with van der Waals surface area (Å²) in [5.41, 5.74) is 0.198. The second kappa shape index (κ2) is 5.72. The van der Waals surface area contributed by atoms with E-state index in [1.165, 1.54) is 16.3 Å². The first-order valence-corrected chi connectivity index (χ1v) is 7.10. The van der Waals surface area contributed by atoms with E-state index in [-0.39, 0.29) is 0 Å². The first-order chi connectivity index (χ1) is 10.1. The van der Waals surface area contributed by atoms with Crippen LogP contribution in [-0.2, 0) is 12.1 Å². The van der Waals surface area contributed by atoms with Crippen molar-refractivity contribution in [2.45, 2.75) is 19.1 Å². The molecule has 0 saturated carbocycles. The van der Waals surface area contributed by atoms with Gasteiger partial charge < -0.3 is 14.8 Å². The van der Waals surface area contributed by atoms with Crippen LogP contribution in [0.3, 0.4) is 0 Å². The molecule has 3 rings (SSSR count). The van der Waals surface area contributed by atoms with Gasteiger partial charge in [0.25, 0.3) is 0 Å². The minimum Gasteiger partial charge on any atom is -0.466 e. The van der Waals surface area contributed by atoms with Gasteiger partial charge in [0.05, 0.1) is 6.26 Å². The SMILES string of the molecule is CC(O)(CNCc1ccc2ccccc2c1)c1ccco1. The molecule has 0 spiro atoms. The Morgan fingerprint density at radius 2 is 1.86 bits per heavy atom. The Morgan fingerprint density at radius 3 is 2.62 bits per heavy atom. The van der Waals surface area contributed by atoms with Crippen LogP contribution in [0.4, 0.5) is 0 Å². The highest BCUT2D eigenvalue weighted by atomic mass is 16.4. The molecule has 1 heterocycles. The van der Waals surface area contributed by atoms with Gasteiger partial charge in [-0.3, -0.25) is 0 Å². The lowest BCUT2D eigenvalue weighted by Gasteiger charge is -2.21. The number of benzene rings is 2. The van der Waals surface area contributed by atoms with Gasteiger partial charge in [-0.15, -0.1) is 0 Å². The second-order valence-corrected chi connectivity index (χ2v) is 5.54. The van der Waals surface area contributed by atoms with E-state index >= 15 is 0 Å². The van der Waals surface area contributed by atoms with E-state index in [0.29, 0.717) is 18.8 Å². The van der Waals surface area contributed by atoms with Crippen molar-refractivity contribution in [1.82, 2.24) is 5.32 Å². The van der Waals surface area contributed by atoms with E-state index in [0.717, 1.165) is 0 Å². The Labute approximate surface area is 124 Å². The zero-order valence-electron chi connectivity index (χ0n) is 12.0. The molecule has 0 aliphatic rings. The monoisotopic (exact) mass is 281 g/mol. The molecule has 3 nitrogen and oxygen atoms in total. The molecule has 3 heteroatoms. The van der Waals surface area contributed by atoms with Crippen molar-refractivity contribution < 1.29 is 9.52 Å². The molecule has 1 atom stereocenters. The Hall–Kier alpha value is -2.10. The highest BCUT2D eigenvalue weighted by Gasteiger charge is 2.25. The summed E-state index contributed by atoms with van der Waals surface area (Å²) < 4.78 is 5.27. The molecule has 108 valence electrons. The minimum atomic E-state index is -1.000. The number of rotatable bonds is 5. The average Bonchev–Trinajstić information content (AvgIpc) is 3.02. The number of nitrogens with one attached hydrogen (secondary N) is 1. The van der Waals surface area contributed by atoms with Gasteiger partial charge in [-0.05, 0) is 41.5 Å². The maximum Gasteiger partial charge on any atom is 0.136 e. The molecule has 0 saturated heterocycles. The van der Waals surface area contributed by atoms with Crippen LogP contribution in [0.2, 0.25) is 0 Å². The summed E-state index contributed by atoms with van der Waals surface area (Å²) in [5.74, 6) is 0.577. The van der Waals surface area contributed by atoms with Crippen LogP contribution >= 0.6 is 0 Å². The van der Waals surface area contributed by atoms with Gasteiger partial charge in [0, 0.05) is 13.1 Å². The van der Waals surface area contributed by atoms with Crippen LogP contribution in [-0.4, -0.2) is 11.7 Å². The van der Waals surface area contributed by atoms with Crippen LogP contribution in [0.1, 0.15) is 18.2 Å². The lowest BCUT2D eigenvalue weighted by Crippen LogP contribution is -2.34. The van der Waals surface area contributed by atoms with Crippen LogP contribution in [0.25, 0.3) is 10.8 Å². The van der Waals surface area contributed by atoms with Crippen LogP contribution < -0.4 is 5.32 Å². The van der Waals surface area contributed by atoms with Gasteiger partial charge in [-0.2, -0.15) is 0 Å². The number of hydrogen-bond acceptors (Lipinski definition) is 3. The van der Waals surface area contributed by atoms with Gasteiger partial charge in [-0.25, -0.2) is 0 Å². The van der Waals surface area contributed by atoms with Gasteiger partial charge in [-0.1, -0.05) is 36.4 Å². The van der Waals surface area contributed by atoms with Crippen LogP contribution in [0, 0.1) is 0 Å². The lowest BCUT2D eigenvalue weighted by atomic mass is 10.0. The predicted octanol–water partition coefficient (Wildman–Crippen LogP) is 3.43. The van der Waals surface area contributed by atoms with E-state index < -0.39 is 5.60 Å². The summed E-state index contributed by atoms with van der Waals surface area (Å²) in [5, 5.41) is 16.1. The summed E-state index contributed by atoms with van der Waals surface area (Å²) in [4.78, 5) is 0. The molecule has 1 unspecified atom stereocenters. The van der Waals surface area contributed by atoms with E-state index in [2.05, 4.69) is 35.6 Å². The summed E-state index contributed by atoms with van der Waals surface area (Å²) in [6.07, 6.45) is 1.58. The highest BCUT2D eigenvalue weighted by Crippen LogP contribution is 2.20. The van der Waals surface area contributed by atoms with Crippen molar-refractivity contribution in [1.29, 1.82) is 0 Å². The number of furan rings is 1. The fourth-order valence-electron chi connectivity index (χ4n) is 2.47. The van der Waals surface area contributed by atoms with Gasteiger partial charge >= 0.3 is 0 Å². The molecule has 21 heavy (non-hydrogen) atoms. The number of aliphatic hydroxyl groups is 1. The smallest absolute Gasteiger partial charge is 0.136 e. The highest BCUT2D eigenvalue weighted by molar-refractivity contribution is 5.82. The Balaban J connectivity index is 1.64. The molecular weight excluding hydrogens is 262 g/mol. The summed E-state index contributed by atoms with van der Waals surface area (Å²) in [7, 11) is 0. The van der Waals surface area contributed by atoms with Crippen molar-refractivity contribution in [2.75, 3.05) is 6.54 Å². The Morgan fingerprint density at radius 1 is 1.05 bits per heavy atom. The third-order valence-corrected chi connectivity index (χ3v) is 3.66. The minimum absolute atomic E-state index is 0.438. The van der Waals surface area contributed by atoms with E-state index in [4.69, 9.17) is 4.42 Å². The third kappa shape index (κ3) is 3.15. The zero-order valence-corrected chi connectivity index (χ0v) is 12.0. The van der Waals surface area contributed by atoms with Crippen molar-refractivity contribution in [3.63, 3.8) is 0 Å². The van der Waals surface area contributed by atoms with Crippen molar-refractivity contribution in [3.8, 4) is 0 Å². The normalized spacial score (nSPS) is 14.2. The molecule has 0 amide bonds. The zero-order chi connectivity index (χ0) is 14.7. The molecule has 0 radical (unpaired) electrons. The molecule has 0 fully saturated rings. The number of hydrogen-bond donors (Lipinski definition) is 2. The van der Waals surface area contributed by atoms with Gasteiger partial charge in [0.1, 0.15) is 11.4 Å². The maximum atomic E-state index is 10.4. The van der Waals surface area contributed by atoms with Crippen LogP contribution in [0.15, 0.2) is 65.3 Å². The van der Waals surface area contributed by atoms with Crippen LogP contribution in [0.5, 0.6) is 0 Å². The molecule has 0 aliphatic carbocycles. The van der Waals surface area contributed by atoms with E-state index in [1.54, 1.807) is 25.3 Å². The molecule has 1 aromatic heterocycles. The maximum absolute atomic E-state index is 10.4. The average molecular weight is 281 g/mol. The van der Waals surface area contributed by atoms with E-state index in [1.807, 2.05) is 12.1 Å². The Bertz CT molecular complexity index is 717. The summed E-state index contributed by atoms with van der Waals surface area (Å²) in [6, 6.07) is 18.3. The molecule has 2 N–H and O–H groups in total. The first kappa shape index (κ1) is 13.9. The fraction of sp³-hybridized carbons (Fsp3) is 0.222. The molecular formula is C18H19NO2. The van der Waals surface area contributed by atoms with Gasteiger partial charge in [0.15, 0.2) is 0 Å².